The average Bonchev–Trinajstić information content (AvgIpc) is 2.14. The van der Waals surface area contributed by atoms with Gasteiger partial charge >= 0.3 is 5.97 Å². The standard InChI is InChI=1S/C12H14FNO2/c1-12(2,3)16-11(15)7-6-10-9(13)5-4-8-14-10/h4-8H,1-3H3/b7-6+. The summed E-state index contributed by atoms with van der Waals surface area (Å²) in [7, 11) is 0. The molecule has 0 atom stereocenters. The number of carbonyl (C=O) groups excluding carboxylic acids is 1. The van der Waals surface area contributed by atoms with E-state index in [-0.39, 0.29) is 5.69 Å². The number of halogens is 1. The third-order valence-corrected chi connectivity index (χ3v) is 1.57. The zero-order chi connectivity index (χ0) is 12.2. The molecule has 16 heavy (non-hydrogen) atoms. The number of pyridine rings is 1. The molecule has 0 unspecified atom stereocenters. The van der Waals surface area contributed by atoms with Crippen LogP contribution in [0, 0.1) is 5.82 Å². The van der Waals surface area contributed by atoms with Gasteiger partial charge in [-0.1, -0.05) is 0 Å². The minimum atomic E-state index is -0.552. The van der Waals surface area contributed by atoms with Gasteiger partial charge in [0.05, 0.1) is 5.69 Å². The quantitative estimate of drug-likeness (QED) is 0.571. The Labute approximate surface area is 94.0 Å². The largest absolute Gasteiger partial charge is 0.457 e. The molecule has 1 aromatic heterocycles. The van der Waals surface area contributed by atoms with Crippen molar-refractivity contribution in [3.05, 3.63) is 35.9 Å². The average molecular weight is 223 g/mol. The van der Waals surface area contributed by atoms with Crippen molar-refractivity contribution in [2.24, 2.45) is 0 Å². The van der Waals surface area contributed by atoms with Gasteiger partial charge in [-0.25, -0.2) is 9.18 Å². The van der Waals surface area contributed by atoms with Crippen molar-refractivity contribution >= 4 is 12.0 Å². The van der Waals surface area contributed by atoms with E-state index in [1.54, 1.807) is 20.8 Å². The molecule has 86 valence electrons. The Morgan fingerprint density at radius 3 is 2.75 bits per heavy atom. The van der Waals surface area contributed by atoms with E-state index in [2.05, 4.69) is 4.98 Å². The summed E-state index contributed by atoms with van der Waals surface area (Å²) in [5.74, 6) is -0.986. The zero-order valence-corrected chi connectivity index (χ0v) is 9.53. The second-order valence-corrected chi connectivity index (χ2v) is 4.24. The Hall–Kier alpha value is -1.71. The third kappa shape index (κ3) is 4.21. The summed E-state index contributed by atoms with van der Waals surface area (Å²) in [5, 5.41) is 0. The summed E-state index contributed by atoms with van der Waals surface area (Å²) in [4.78, 5) is 15.1. The number of ether oxygens (including phenoxy) is 1. The minimum Gasteiger partial charge on any atom is -0.457 e. The number of esters is 1. The highest BCUT2D eigenvalue weighted by atomic mass is 19.1. The highest BCUT2D eigenvalue weighted by Gasteiger charge is 2.13. The molecule has 0 radical (unpaired) electrons. The summed E-state index contributed by atoms with van der Waals surface area (Å²) in [6, 6.07) is 2.77. The van der Waals surface area contributed by atoms with Crippen LogP contribution in [-0.4, -0.2) is 16.6 Å². The number of aromatic nitrogens is 1. The van der Waals surface area contributed by atoms with Crippen molar-refractivity contribution in [3.8, 4) is 0 Å². The molecular weight excluding hydrogens is 209 g/mol. The Morgan fingerprint density at radius 1 is 1.50 bits per heavy atom. The topological polar surface area (TPSA) is 39.2 Å². The molecule has 0 amide bonds. The molecule has 0 bridgehead atoms. The Kier molecular flexibility index (Phi) is 3.77. The second-order valence-electron chi connectivity index (χ2n) is 4.24. The molecular formula is C12H14FNO2. The lowest BCUT2D eigenvalue weighted by Crippen LogP contribution is -2.22. The molecule has 0 saturated carbocycles. The van der Waals surface area contributed by atoms with Gasteiger partial charge in [0.2, 0.25) is 0 Å². The molecule has 0 aliphatic carbocycles. The first-order valence-corrected chi connectivity index (χ1v) is 4.90. The number of carbonyl (C=O) groups is 1. The molecule has 1 rings (SSSR count). The maximum absolute atomic E-state index is 13.1. The normalized spacial score (nSPS) is 11.8. The lowest BCUT2D eigenvalue weighted by atomic mass is 10.2. The Morgan fingerprint density at radius 2 is 2.19 bits per heavy atom. The predicted octanol–water partition coefficient (Wildman–Crippen LogP) is 2.58. The van der Waals surface area contributed by atoms with Crippen LogP contribution in [0.1, 0.15) is 26.5 Å². The Balaban J connectivity index is 2.68. The number of rotatable bonds is 2. The first-order chi connectivity index (χ1) is 7.38. The van der Waals surface area contributed by atoms with Crippen LogP contribution in [-0.2, 0) is 9.53 Å². The summed E-state index contributed by atoms with van der Waals surface area (Å²) in [6.45, 7) is 5.29. The predicted molar refractivity (Wildman–Crippen MR) is 59.1 cm³/mol. The molecule has 0 N–H and O–H groups in total. The highest BCUT2D eigenvalue weighted by Crippen LogP contribution is 2.09. The van der Waals surface area contributed by atoms with Crippen LogP contribution in [0.15, 0.2) is 24.4 Å². The SMILES string of the molecule is CC(C)(C)OC(=O)/C=C/c1ncccc1F. The highest BCUT2D eigenvalue weighted by molar-refractivity contribution is 5.87. The molecule has 1 aromatic rings. The first-order valence-electron chi connectivity index (χ1n) is 4.90. The molecule has 0 spiro atoms. The summed E-state index contributed by atoms with van der Waals surface area (Å²) < 4.78 is 18.1. The maximum atomic E-state index is 13.1. The summed E-state index contributed by atoms with van der Waals surface area (Å²) >= 11 is 0. The van der Waals surface area contributed by atoms with E-state index in [1.807, 2.05) is 0 Å². The van der Waals surface area contributed by atoms with Crippen molar-refractivity contribution in [2.75, 3.05) is 0 Å². The minimum absolute atomic E-state index is 0.119. The van der Waals surface area contributed by atoms with E-state index >= 15 is 0 Å². The molecule has 0 saturated heterocycles. The van der Waals surface area contributed by atoms with Gasteiger partial charge in [0.15, 0.2) is 0 Å². The van der Waals surface area contributed by atoms with Crippen molar-refractivity contribution in [1.82, 2.24) is 4.98 Å². The second kappa shape index (κ2) is 4.88. The molecule has 0 aromatic carbocycles. The lowest BCUT2D eigenvalue weighted by Gasteiger charge is -2.17. The molecule has 0 aliphatic rings. The van der Waals surface area contributed by atoms with Gasteiger partial charge in [-0.15, -0.1) is 0 Å². The fraction of sp³-hybridized carbons (Fsp3) is 0.333. The molecule has 0 fully saturated rings. The maximum Gasteiger partial charge on any atom is 0.331 e. The van der Waals surface area contributed by atoms with E-state index in [0.717, 1.165) is 6.08 Å². The molecule has 3 nitrogen and oxygen atoms in total. The van der Waals surface area contributed by atoms with Crippen molar-refractivity contribution in [2.45, 2.75) is 26.4 Å². The number of nitrogens with zero attached hydrogens (tertiary/aromatic N) is 1. The van der Waals surface area contributed by atoms with Gasteiger partial charge in [-0.2, -0.15) is 0 Å². The van der Waals surface area contributed by atoms with Gasteiger partial charge < -0.3 is 4.74 Å². The fourth-order valence-corrected chi connectivity index (χ4v) is 1.00. The van der Waals surface area contributed by atoms with Crippen molar-refractivity contribution in [3.63, 3.8) is 0 Å². The smallest absolute Gasteiger partial charge is 0.331 e. The number of hydrogen-bond donors (Lipinski definition) is 0. The van der Waals surface area contributed by atoms with Crippen LogP contribution in [0.2, 0.25) is 0 Å². The van der Waals surface area contributed by atoms with Gasteiger partial charge in [0.25, 0.3) is 0 Å². The molecule has 0 aliphatic heterocycles. The van der Waals surface area contributed by atoms with Crippen LogP contribution < -0.4 is 0 Å². The van der Waals surface area contributed by atoms with Gasteiger partial charge in [0, 0.05) is 12.3 Å². The van der Waals surface area contributed by atoms with E-state index in [0.29, 0.717) is 0 Å². The van der Waals surface area contributed by atoms with Gasteiger partial charge in [-0.05, 0) is 39.0 Å². The molecule has 1 heterocycles. The van der Waals surface area contributed by atoms with Crippen LogP contribution in [0.3, 0.4) is 0 Å². The van der Waals surface area contributed by atoms with Crippen molar-refractivity contribution < 1.29 is 13.9 Å². The third-order valence-electron chi connectivity index (χ3n) is 1.57. The van der Waals surface area contributed by atoms with Gasteiger partial charge in [0.1, 0.15) is 11.4 Å². The zero-order valence-electron chi connectivity index (χ0n) is 9.53. The van der Waals surface area contributed by atoms with Crippen LogP contribution in [0.4, 0.5) is 4.39 Å². The van der Waals surface area contributed by atoms with E-state index in [1.165, 1.54) is 24.4 Å². The Bertz CT molecular complexity index is 408. The van der Waals surface area contributed by atoms with Crippen LogP contribution in [0.5, 0.6) is 0 Å². The first kappa shape index (κ1) is 12.4. The van der Waals surface area contributed by atoms with Crippen molar-refractivity contribution in [1.29, 1.82) is 0 Å². The summed E-state index contributed by atoms with van der Waals surface area (Å²) in [5.41, 5.74) is -0.433. The van der Waals surface area contributed by atoms with Crippen LogP contribution >= 0.6 is 0 Å². The molecule has 4 heteroatoms. The van der Waals surface area contributed by atoms with Gasteiger partial charge in [-0.3, -0.25) is 4.98 Å². The summed E-state index contributed by atoms with van der Waals surface area (Å²) in [6.07, 6.45) is 3.91. The van der Waals surface area contributed by atoms with E-state index < -0.39 is 17.4 Å². The number of hydrogen-bond acceptors (Lipinski definition) is 3. The van der Waals surface area contributed by atoms with E-state index in [4.69, 9.17) is 4.74 Å². The fourth-order valence-electron chi connectivity index (χ4n) is 1.00. The monoisotopic (exact) mass is 223 g/mol. The van der Waals surface area contributed by atoms with Crippen LogP contribution in [0.25, 0.3) is 6.08 Å². The lowest BCUT2D eigenvalue weighted by molar-refractivity contribution is -0.148. The van der Waals surface area contributed by atoms with E-state index in [9.17, 15) is 9.18 Å².